The molecule has 0 saturated carbocycles. The minimum absolute atomic E-state index is 0.0203. The van der Waals surface area contributed by atoms with Gasteiger partial charge in [-0.1, -0.05) is 48.5 Å². The van der Waals surface area contributed by atoms with E-state index in [2.05, 4.69) is 5.32 Å². The number of aromatic nitrogens is 2. The third kappa shape index (κ3) is 4.24. The minimum Gasteiger partial charge on any atom is -0.480 e. The highest BCUT2D eigenvalue weighted by molar-refractivity contribution is 5.81. The van der Waals surface area contributed by atoms with Gasteiger partial charge in [0.05, 0.1) is 6.20 Å². The van der Waals surface area contributed by atoms with Crippen molar-refractivity contribution < 1.29 is 24.3 Å². The first-order valence-corrected chi connectivity index (χ1v) is 9.73. The van der Waals surface area contributed by atoms with Crippen LogP contribution in [-0.4, -0.2) is 46.1 Å². The predicted molar refractivity (Wildman–Crippen MR) is 112 cm³/mol. The number of fused-ring (bicyclic) bond motifs is 3. The third-order valence-electron chi connectivity index (χ3n) is 5.11. The predicted octanol–water partition coefficient (Wildman–Crippen LogP) is 0.957. The molecule has 164 valence electrons. The number of aliphatic carboxylic acids is 1. The monoisotopic (exact) mass is 437 g/mol. The van der Waals surface area contributed by atoms with Crippen LogP contribution in [0.3, 0.4) is 0 Å². The number of nitrogens with zero attached hydrogens (tertiary/aromatic N) is 1. The number of H-pyrrole nitrogens is 1. The summed E-state index contributed by atoms with van der Waals surface area (Å²) in [6.45, 7) is -0.544. The van der Waals surface area contributed by atoms with Crippen LogP contribution in [0.5, 0.6) is 0 Å². The largest absolute Gasteiger partial charge is 0.480 e. The lowest BCUT2D eigenvalue weighted by atomic mass is 9.98. The van der Waals surface area contributed by atoms with Gasteiger partial charge < -0.3 is 20.0 Å². The Bertz CT molecular complexity index is 1240. The van der Waals surface area contributed by atoms with Gasteiger partial charge in [-0.25, -0.2) is 14.4 Å². The lowest BCUT2D eigenvalue weighted by molar-refractivity contribution is -0.141. The number of benzene rings is 2. The molecular weight excluding hydrogens is 418 g/mol. The maximum atomic E-state index is 12.3. The van der Waals surface area contributed by atoms with Crippen molar-refractivity contribution in [3.8, 4) is 11.1 Å². The Morgan fingerprint density at radius 2 is 1.66 bits per heavy atom. The zero-order chi connectivity index (χ0) is 22.7. The summed E-state index contributed by atoms with van der Waals surface area (Å²) >= 11 is 0. The van der Waals surface area contributed by atoms with Crippen molar-refractivity contribution in [1.82, 2.24) is 15.0 Å². The lowest BCUT2D eigenvalue weighted by Gasteiger charge is -2.18. The molecule has 3 aromatic rings. The average Bonchev–Trinajstić information content (AvgIpc) is 3.10. The molecule has 0 aliphatic heterocycles. The van der Waals surface area contributed by atoms with E-state index in [1.807, 2.05) is 53.5 Å². The Kier molecular flexibility index (Phi) is 5.75. The molecule has 0 spiro atoms. The molecule has 10 heteroatoms. The Labute approximate surface area is 181 Å². The van der Waals surface area contributed by atoms with Crippen molar-refractivity contribution in [2.45, 2.75) is 12.0 Å². The van der Waals surface area contributed by atoms with E-state index in [0.29, 0.717) is 4.73 Å². The SMILES string of the molecule is O=C(N[C@@H](COn1ccc(=O)[nH]c1=O)C(=O)O)OCC1c2ccccc2-c2ccccc21. The smallest absolute Gasteiger partial charge is 0.407 e. The lowest BCUT2D eigenvalue weighted by Crippen LogP contribution is -2.47. The molecule has 0 saturated heterocycles. The second-order valence-corrected chi connectivity index (χ2v) is 7.09. The van der Waals surface area contributed by atoms with Gasteiger partial charge in [-0.05, 0) is 22.3 Å². The Balaban J connectivity index is 1.40. The second kappa shape index (κ2) is 8.80. The molecule has 0 bridgehead atoms. The molecular formula is C22H19N3O7. The summed E-state index contributed by atoms with van der Waals surface area (Å²) in [6.07, 6.45) is 0.115. The van der Waals surface area contributed by atoms with Crippen LogP contribution in [-0.2, 0) is 9.53 Å². The number of carboxylic acids is 1. The fraction of sp³-hybridized carbons (Fsp3) is 0.182. The number of carboxylic acid groups (broad SMARTS) is 1. The van der Waals surface area contributed by atoms with Crippen molar-refractivity contribution >= 4 is 12.1 Å². The van der Waals surface area contributed by atoms with Gasteiger partial charge in [-0.15, -0.1) is 4.73 Å². The van der Waals surface area contributed by atoms with Crippen molar-refractivity contribution in [2.24, 2.45) is 0 Å². The van der Waals surface area contributed by atoms with Gasteiger partial charge in [-0.3, -0.25) is 9.78 Å². The van der Waals surface area contributed by atoms with Crippen LogP contribution in [0, 0.1) is 0 Å². The maximum Gasteiger partial charge on any atom is 0.407 e. The summed E-state index contributed by atoms with van der Waals surface area (Å²) in [6, 6.07) is 15.2. The molecule has 1 aliphatic carbocycles. The summed E-state index contributed by atoms with van der Waals surface area (Å²) in [5.41, 5.74) is 2.69. The van der Waals surface area contributed by atoms with E-state index in [1.165, 1.54) is 0 Å². The Morgan fingerprint density at radius 1 is 1.03 bits per heavy atom. The number of alkyl carbamates (subject to hydrolysis) is 1. The van der Waals surface area contributed by atoms with E-state index in [0.717, 1.165) is 34.5 Å². The zero-order valence-corrected chi connectivity index (χ0v) is 16.7. The molecule has 1 aliphatic rings. The molecule has 0 fully saturated rings. The first-order valence-electron chi connectivity index (χ1n) is 9.73. The van der Waals surface area contributed by atoms with Gasteiger partial charge in [0, 0.05) is 12.0 Å². The fourth-order valence-electron chi connectivity index (χ4n) is 3.62. The van der Waals surface area contributed by atoms with E-state index in [1.54, 1.807) is 0 Å². The van der Waals surface area contributed by atoms with Gasteiger partial charge >= 0.3 is 17.8 Å². The quantitative estimate of drug-likeness (QED) is 0.500. The standard InChI is InChI=1S/C22H19N3O7/c26-19-9-10-25(21(29)24-19)32-12-18(20(27)28)23-22(30)31-11-17-15-7-3-1-5-13(15)14-6-2-4-8-16(14)17/h1-10,17-18H,11-12H2,(H,23,30)(H,27,28)(H,24,26,29)/t18-/m0/s1. The van der Waals surface area contributed by atoms with E-state index < -0.39 is 36.0 Å². The number of carbonyl (C=O) groups is 2. The second-order valence-electron chi connectivity index (χ2n) is 7.09. The number of amides is 1. The topological polar surface area (TPSA) is 140 Å². The molecule has 1 heterocycles. The average molecular weight is 437 g/mol. The summed E-state index contributed by atoms with van der Waals surface area (Å²) in [5, 5.41) is 11.6. The maximum absolute atomic E-state index is 12.3. The number of carbonyl (C=O) groups excluding carboxylic acids is 1. The molecule has 32 heavy (non-hydrogen) atoms. The Morgan fingerprint density at radius 3 is 2.25 bits per heavy atom. The van der Waals surface area contributed by atoms with Crippen LogP contribution < -0.4 is 21.4 Å². The minimum atomic E-state index is -1.48. The van der Waals surface area contributed by atoms with Crippen LogP contribution in [0.15, 0.2) is 70.4 Å². The number of rotatable bonds is 7. The van der Waals surface area contributed by atoms with Gasteiger partial charge in [0.15, 0.2) is 6.04 Å². The number of hydrogen-bond acceptors (Lipinski definition) is 6. The van der Waals surface area contributed by atoms with Gasteiger partial charge in [0.25, 0.3) is 5.56 Å². The number of nitrogens with one attached hydrogen (secondary N) is 2. The van der Waals surface area contributed by atoms with Gasteiger partial charge in [-0.2, -0.15) is 0 Å². The molecule has 1 aromatic heterocycles. The van der Waals surface area contributed by atoms with Crippen LogP contribution in [0.1, 0.15) is 17.0 Å². The molecule has 10 nitrogen and oxygen atoms in total. The van der Waals surface area contributed by atoms with Crippen molar-refractivity contribution in [3.63, 3.8) is 0 Å². The molecule has 0 unspecified atom stereocenters. The molecule has 1 amide bonds. The van der Waals surface area contributed by atoms with Crippen LogP contribution >= 0.6 is 0 Å². The number of hydrogen-bond donors (Lipinski definition) is 3. The van der Waals surface area contributed by atoms with E-state index >= 15 is 0 Å². The normalized spacial score (nSPS) is 13.0. The van der Waals surface area contributed by atoms with E-state index in [4.69, 9.17) is 9.57 Å². The molecule has 0 radical (unpaired) electrons. The summed E-state index contributed by atoms with van der Waals surface area (Å²) in [5.74, 6) is -1.55. The van der Waals surface area contributed by atoms with Crippen molar-refractivity contribution in [2.75, 3.05) is 13.2 Å². The Hall–Kier alpha value is -4.34. The highest BCUT2D eigenvalue weighted by Crippen LogP contribution is 2.44. The first kappa shape index (κ1) is 20.9. The van der Waals surface area contributed by atoms with Gasteiger partial charge in [0.2, 0.25) is 0 Å². The summed E-state index contributed by atoms with van der Waals surface area (Å²) in [4.78, 5) is 53.5. The van der Waals surface area contributed by atoms with Gasteiger partial charge in [0.1, 0.15) is 13.2 Å². The zero-order valence-electron chi connectivity index (χ0n) is 16.7. The fourth-order valence-corrected chi connectivity index (χ4v) is 3.62. The summed E-state index contributed by atoms with van der Waals surface area (Å²) < 4.78 is 5.99. The van der Waals surface area contributed by atoms with Crippen LogP contribution in [0.2, 0.25) is 0 Å². The number of ether oxygens (including phenoxy) is 1. The number of aromatic amines is 1. The van der Waals surface area contributed by atoms with E-state index in [9.17, 15) is 24.3 Å². The molecule has 4 rings (SSSR count). The van der Waals surface area contributed by atoms with Crippen LogP contribution in [0.25, 0.3) is 11.1 Å². The highest BCUT2D eigenvalue weighted by Gasteiger charge is 2.30. The van der Waals surface area contributed by atoms with Crippen molar-refractivity contribution in [1.29, 1.82) is 0 Å². The molecule has 1 atom stereocenters. The van der Waals surface area contributed by atoms with Crippen LogP contribution in [0.4, 0.5) is 4.79 Å². The molecule has 2 aromatic carbocycles. The summed E-state index contributed by atoms with van der Waals surface area (Å²) in [7, 11) is 0. The van der Waals surface area contributed by atoms with E-state index in [-0.39, 0.29) is 12.5 Å². The van der Waals surface area contributed by atoms with Crippen molar-refractivity contribution in [3.05, 3.63) is 92.8 Å². The molecule has 3 N–H and O–H groups in total. The third-order valence-corrected chi connectivity index (χ3v) is 5.11. The first-order chi connectivity index (χ1) is 15.4. The highest BCUT2D eigenvalue weighted by atomic mass is 16.7.